The van der Waals surface area contributed by atoms with Gasteiger partial charge >= 0.3 is 0 Å². The molecule has 1 unspecified atom stereocenters. The molecule has 0 spiro atoms. The second kappa shape index (κ2) is 9.90. The number of carbonyl (C=O) groups is 2. The molecule has 2 heterocycles. The smallest absolute Gasteiger partial charge is 0.254 e. The number of fused-ring (bicyclic) bond motifs is 1. The predicted octanol–water partition coefficient (Wildman–Crippen LogP) is 2.89. The maximum Gasteiger partial charge on any atom is 0.254 e. The van der Waals surface area contributed by atoms with Gasteiger partial charge in [-0.2, -0.15) is 0 Å². The van der Waals surface area contributed by atoms with Crippen LogP contribution in [0.5, 0.6) is 11.5 Å². The third-order valence-electron chi connectivity index (χ3n) is 6.75. The van der Waals surface area contributed by atoms with Crippen LogP contribution in [0.15, 0.2) is 18.2 Å². The summed E-state index contributed by atoms with van der Waals surface area (Å²) >= 11 is 0. The molecule has 170 valence electrons. The van der Waals surface area contributed by atoms with Crippen LogP contribution in [-0.4, -0.2) is 67.2 Å². The number of amides is 2. The molecule has 2 amide bonds. The van der Waals surface area contributed by atoms with Crippen molar-refractivity contribution in [2.75, 3.05) is 39.5 Å². The van der Waals surface area contributed by atoms with Crippen molar-refractivity contribution in [3.63, 3.8) is 0 Å². The van der Waals surface area contributed by atoms with Crippen molar-refractivity contribution in [3.05, 3.63) is 23.8 Å². The normalized spacial score (nSPS) is 20.3. The Labute approximate surface area is 185 Å². The third kappa shape index (κ3) is 5.14. The highest BCUT2D eigenvalue weighted by Crippen LogP contribution is 2.33. The molecule has 1 N–H and O–H groups in total. The first kappa shape index (κ1) is 21.9. The van der Waals surface area contributed by atoms with Gasteiger partial charge in [-0.1, -0.05) is 26.7 Å². The highest BCUT2D eigenvalue weighted by atomic mass is 16.7. The molecule has 2 fully saturated rings. The monoisotopic (exact) mass is 429 g/mol. The molecule has 7 heteroatoms. The van der Waals surface area contributed by atoms with E-state index in [0.717, 1.165) is 38.9 Å². The number of nitrogens with zero attached hydrogens (tertiary/aromatic N) is 2. The zero-order valence-electron chi connectivity index (χ0n) is 18.8. The summed E-state index contributed by atoms with van der Waals surface area (Å²) in [7, 11) is 0. The van der Waals surface area contributed by atoms with Gasteiger partial charge in [0.05, 0.1) is 6.04 Å². The van der Waals surface area contributed by atoms with E-state index in [4.69, 9.17) is 9.47 Å². The topological polar surface area (TPSA) is 71.1 Å². The van der Waals surface area contributed by atoms with Crippen LogP contribution in [0.4, 0.5) is 0 Å². The lowest BCUT2D eigenvalue weighted by Crippen LogP contribution is -2.58. The summed E-state index contributed by atoms with van der Waals surface area (Å²) in [6.45, 7) is 8.03. The lowest BCUT2D eigenvalue weighted by molar-refractivity contribution is -0.129. The van der Waals surface area contributed by atoms with Crippen molar-refractivity contribution >= 4 is 11.8 Å². The molecule has 1 saturated heterocycles. The third-order valence-corrected chi connectivity index (χ3v) is 6.75. The summed E-state index contributed by atoms with van der Waals surface area (Å²) in [6, 6.07) is 5.29. The van der Waals surface area contributed by atoms with Crippen LogP contribution < -0.4 is 14.8 Å². The van der Waals surface area contributed by atoms with Gasteiger partial charge in [0.2, 0.25) is 12.7 Å². The standard InChI is InChI=1S/C24H35N3O4/c1-17(2)9-10-25-23(28)22(18-5-3-4-6-18)26-11-13-27(14-12-26)24(29)19-7-8-20-21(15-19)31-16-30-20/h7-8,15,17-18,22H,3-6,9-14,16H2,1-2H3,(H,25,28). The van der Waals surface area contributed by atoms with Crippen molar-refractivity contribution in [2.24, 2.45) is 11.8 Å². The molecule has 1 aromatic rings. The lowest BCUT2D eigenvalue weighted by Gasteiger charge is -2.40. The number of rotatable bonds is 7. The number of ether oxygens (including phenoxy) is 2. The Balaban J connectivity index is 1.36. The lowest BCUT2D eigenvalue weighted by atomic mass is 9.94. The van der Waals surface area contributed by atoms with Crippen molar-refractivity contribution in [3.8, 4) is 11.5 Å². The Morgan fingerprint density at radius 3 is 2.48 bits per heavy atom. The first-order valence-electron chi connectivity index (χ1n) is 11.7. The number of hydrogen-bond acceptors (Lipinski definition) is 5. The molecule has 31 heavy (non-hydrogen) atoms. The molecule has 1 aliphatic carbocycles. The first-order valence-corrected chi connectivity index (χ1v) is 11.7. The molecule has 2 aliphatic heterocycles. The molecule has 7 nitrogen and oxygen atoms in total. The van der Waals surface area contributed by atoms with Gasteiger partial charge in [-0.05, 0) is 49.3 Å². The van der Waals surface area contributed by atoms with E-state index in [1.807, 2.05) is 4.90 Å². The van der Waals surface area contributed by atoms with Crippen LogP contribution in [0, 0.1) is 11.8 Å². The summed E-state index contributed by atoms with van der Waals surface area (Å²) in [5, 5.41) is 3.19. The van der Waals surface area contributed by atoms with Crippen LogP contribution in [0.25, 0.3) is 0 Å². The molecule has 0 aromatic heterocycles. The van der Waals surface area contributed by atoms with Gasteiger partial charge in [0.1, 0.15) is 0 Å². The summed E-state index contributed by atoms with van der Waals surface area (Å²) < 4.78 is 10.7. The van der Waals surface area contributed by atoms with Crippen molar-refractivity contribution < 1.29 is 19.1 Å². The Bertz CT molecular complexity index is 783. The minimum atomic E-state index is -0.0718. The number of hydrogen-bond donors (Lipinski definition) is 1. The fourth-order valence-corrected chi connectivity index (χ4v) is 4.96. The minimum absolute atomic E-state index is 0.0109. The average molecular weight is 430 g/mol. The largest absolute Gasteiger partial charge is 0.454 e. The summed E-state index contributed by atoms with van der Waals surface area (Å²) in [5.74, 6) is 2.50. The van der Waals surface area contributed by atoms with E-state index >= 15 is 0 Å². The van der Waals surface area contributed by atoms with Crippen molar-refractivity contribution in [1.82, 2.24) is 15.1 Å². The Morgan fingerprint density at radius 2 is 1.77 bits per heavy atom. The maximum absolute atomic E-state index is 13.1. The van der Waals surface area contributed by atoms with E-state index < -0.39 is 0 Å². The zero-order chi connectivity index (χ0) is 21.8. The van der Waals surface area contributed by atoms with Crippen LogP contribution in [0.1, 0.15) is 56.3 Å². The fraction of sp³-hybridized carbons (Fsp3) is 0.667. The van der Waals surface area contributed by atoms with E-state index in [2.05, 4.69) is 24.1 Å². The number of benzene rings is 1. The van der Waals surface area contributed by atoms with Gasteiger partial charge in [-0.25, -0.2) is 0 Å². The van der Waals surface area contributed by atoms with Crippen molar-refractivity contribution in [1.29, 1.82) is 0 Å². The predicted molar refractivity (Wildman–Crippen MR) is 118 cm³/mol. The Kier molecular flexibility index (Phi) is 7.00. The van der Waals surface area contributed by atoms with Gasteiger partial charge < -0.3 is 19.7 Å². The first-order chi connectivity index (χ1) is 15.0. The second-order valence-electron chi connectivity index (χ2n) is 9.36. The molecular weight excluding hydrogens is 394 g/mol. The van der Waals surface area contributed by atoms with Crippen LogP contribution >= 0.6 is 0 Å². The molecular formula is C24H35N3O4. The van der Waals surface area contributed by atoms with Crippen LogP contribution in [-0.2, 0) is 4.79 Å². The highest BCUT2D eigenvalue weighted by Gasteiger charge is 2.37. The quantitative estimate of drug-likeness (QED) is 0.722. The molecule has 0 bridgehead atoms. The summed E-state index contributed by atoms with van der Waals surface area (Å²) in [4.78, 5) is 30.3. The fourth-order valence-electron chi connectivity index (χ4n) is 4.96. The van der Waals surface area contributed by atoms with Crippen LogP contribution in [0.2, 0.25) is 0 Å². The van der Waals surface area contributed by atoms with Crippen LogP contribution in [0.3, 0.4) is 0 Å². The van der Waals surface area contributed by atoms with E-state index in [1.165, 1.54) is 12.8 Å². The zero-order valence-corrected chi connectivity index (χ0v) is 18.8. The van der Waals surface area contributed by atoms with E-state index in [9.17, 15) is 9.59 Å². The Hall–Kier alpha value is -2.28. The van der Waals surface area contributed by atoms with Gasteiger partial charge in [0.15, 0.2) is 11.5 Å². The number of nitrogens with one attached hydrogen (secondary N) is 1. The highest BCUT2D eigenvalue weighted by molar-refractivity contribution is 5.95. The van der Waals surface area contributed by atoms with E-state index in [0.29, 0.717) is 42.0 Å². The minimum Gasteiger partial charge on any atom is -0.454 e. The van der Waals surface area contributed by atoms with Crippen molar-refractivity contribution in [2.45, 2.75) is 52.0 Å². The second-order valence-corrected chi connectivity index (χ2v) is 9.36. The molecule has 1 aromatic carbocycles. The molecule has 3 aliphatic rings. The number of carbonyl (C=O) groups excluding carboxylic acids is 2. The maximum atomic E-state index is 13.1. The van der Waals surface area contributed by atoms with Gasteiger partial charge in [0, 0.05) is 38.3 Å². The average Bonchev–Trinajstić information content (AvgIpc) is 3.45. The summed E-state index contributed by atoms with van der Waals surface area (Å²) in [6.07, 6.45) is 5.67. The van der Waals surface area contributed by atoms with E-state index in [1.54, 1.807) is 18.2 Å². The Morgan fingerprint density at radius 1 is 1.06 bits per heavy atom. The van der Waals surface area contributed by atoms with Gasteiger partial charge in [0.25, 0.3) is 5.91 Å². The molecule has 4 rings (SSSR count). The SMILES string of the molecule is CC(C)CCNC(=O)C(C1CCCC1)N1CCN(C(=O)c2ccc3c(c2)OCO3)CC1. The van der Waals surface area contributed by atoms with E-state index in [-0.39, 0.29) is 24.6 Å². The summed E-state index contributed by atoms with van der Waals surface area (Å²) in [5.41, 5.74) is 0.622. The molecule has 0 radical (unpaired) electrons. The molecule has 1 saturated carbocycles. The molecule has 1 atom stereocenters. The number of piperazine rings is 1. The van der Waals surface area contributed by atoms with Gasteiger partial charge in [-0.15, -0.1) is 0 Å². The van der Waals surface area contributed by atoms with Gasteiger partial charge in [-0.3, -0.25) is 14.5 Å².